The van der Waals surface area contributed by atoms with E-state index in [0.29, 0.717) is 19.7 Å². The normalized spacial score (nSPS) is 18.0. The minimum atomic E-state index is -2.86. The Labute approximate surface area is 134 Å². The lowest BCUT2D eigenvalue weighted by Gasteiger charge is -2.33. The number of carbonyl (C=O) groups is 1. The van der Waals surface area contributed by atoms with E-state index in [4.69, 9.17) is 4.74 Å². The molecule has 1 saturated heterocycles. The van der Waals surface area contributed by atoms with E-state index >= 15 is 0 Å². The Hall–Kier alpha value is -1.44. The molecule has 22 heavy (non-hydrogen) atoms. The second kappa shape index (κ2) is 8.87. The summed E-state index contributed by atoms with van der Waals surface area (Å²) < 4.78 is 34.5. The highest BCUT2D eigenvalue weighted by Gasteiger charge is 2.25. The van der Waals surface area contributed by atoms with Crippen LogP contribution in [0.5, 0.6) is 5.75 Å². The van der Waals surface area contributed by atoms with Gasteiger partial charge in [-0.1, -0.05) is 12.1 Å². The molecule has 2 rings (SSSR count). The van der Waals surface area contributed by atoms with Crippen LogP contribution in [0.1, 0.15) is 11.7 Å². The van der Waals surface area contributed by atoms with Crippen LogP contribution in [-0.4, -0.2) is 50.7 Å². The number of alkyl halides is 2. The number of nitrogens with one attached hydrogen (secondary N) is 1. The molecular formula is C14H19ClF2N2O3. The van der Waals surface area contributed by atoms with Gasteiger partial charge in [0.05, 0.1) is 19.7 Å². The number of rotatable bonds is 5. The zero-order valence-electron chi connectivity index (χ0n) is 12.1. The molecule has 5 nitrogen and oxygen atoms in total. The summed E-state index contributed by atoms with van der Waals surface area (Å²) >= 11 is 0. The van der Waals surface area contributed by atoms with E-state index in [1.807, 2.05) is 0 Å². The van der Waals surface area contributed by atoms with Crippen LogP contribution in [-0.2, 0) is 9.53 Å². The number of benzene rings is 1. The summed E-state index contributed by atoms with van der Waals surface area (Å²) in [6, 6.07) is 6.38. The van der Waals surface area contributed by atoms with Crippen molar-refractivity contribution in [3.8, 4) is 5.75 Å². The Bertz CT molecular complexity index is 491. The molecule has 8 heteroatoms. The number of hydrogen-bond acceptors (Lipinski definition) is 4. The molecule has 124 valence electrons. The number of nitrogens with zero attached hydrogens (tertiary/aromatic N) is 1. The average Bonchev–Trinajstić information content (AvgIpc) is 2.47. The lowest BCUT2D eigenvalue weighted by atomic mass is 10.1. The van der Waals surface area contributed by atoms with Crippen LogP contribution in [0.15, 0.2) is 24.3 Å². The van der Waals surface area contributed by atoms with Crippen LogP contribution in [0, 0.1) is 0 Å². The first-order valence-corrected chi connectivity index (χ1v) is 6.69. The van der Waals surface area contributed by atoms with Gasteiger partial charge in [0.2, 0.25) is 5.91 Å². The zero-order valence-corrected chi connectivity index (χ0v) is 12.9. The van der Waals surface area contributed by atoms with Gasteiger partial charge in [-0.25, -0.2) is 0 Å². The first-order valence-electron chi connectivity index (χ1n) is 6.69. The van der Waals surface area contributed by atoms with Crippen LogP contribution in [0.3, 0.4) is 0 Å². The standard InChI is InChI=1S/C14H18F2N2O3.ClH/c1-17-8-13(19)18-5-6-20-12(9-18)10-3-2-4-11(7-10)21-14(15)16;/h2-4,7,12,14,17H,5-6,8-9H2,1H3;1H. The number of ether oxygens (including phenoxy) is 2. The molecule has 1 fully saturated rings. The summed E-state index contributed by atoms with van der Waals surface area (Å²) in [6.07, 6.45) is -0.333. The third-order valence-electron chi connectivity index (χ3n) is 3.20. The van der Waals surface area contributed by atoms with Gasteiger partial charge in [-0.3, -0.25) is 4.79 Å². The summed E-state index contributed by atoms with van der Waals surface area (Å²) in [5.74, 6) is 0.0792. The van der Waals surface area contributed by atoms with E-state index < -0.39 is 6.61 Å². The third-order valence-corrected chi connectivity index (χ3v) is 3.20. The Morgan fingerprint density at radius 2 is 2.32 bits per heavy atom. The van der Waals surface area contributed by atoms with Gasteiger partial charge in [-0.2, -0.15) is 8.78 Å². The molecule has 0 bridgehead atoms. The summed E-state index contributed by atoms with van der Waals surface area (Å²) in [5.41, 5.74) is 0.718. The number of carbonyl (C=O) groups excluding carboxylic acids is 1. The topological polar surface area (TPSA) is 50.8 Å². The molecule has 0 radical (unpaired) electrons. The molecular weight excluding hydrogens is 318 g/mol. The number of likely N-dealkylation sites (N-methyl/N-ethyl adjacent to an activating group) is 1. The molecule has 1 amide bonds. The van der Waals surface area contributed by atoms with Crippen molar-refractivity contribution in [2.24, 2.45) is 0 Å². The van der Waals surface area contributed by atoms with Crippen molar-refractivity contribution in [2.75, 3.05) is 33.3 Å². The van der Waals surface area contributed by atoms with Gasteiger partial charge in [0, 0.05) is 6.54 Å². The molecule has 0 spiro atoms. The summed E-state index contributed by atoms with van der Waals surface area (Å²) in [7, 11) is 1.71. The SMILES string of the molecule is CNCC(=O)N1CCOC(c2cccc(OC(F)F)c2)C1.Cl. The third kappa shape index (κ3) is 5.08. The highest BCUT2D eigenvalue weighted by atomic mass is 35.5. The fraction of sp³-hybridized carbons (Fsp3) is 0.500. The highest BCUT2D eigenvalue weighted by Crippen LogP contribution is 2.26. The number of morpholine rings is 1. The van der Waals surface area contributed by atoms with Crippen molar-refractivity contribution in [1.29, 1.82) is 0 Å². The van der Waals surface area contributed by atoms with Crippen LogP contribution in [0.2, 0.25) is 0 Å². The predicted molar refractivity (Wildman–Crippen MR) is 79.5 cm³/mol. The van der Waals surface area contributed by atoms with E-state index in [0.717, 1.165) is 5.56 Å². The lowest BCUT2D eigenvalue weighted by molar-refractivity contribution is -0.137. The average molecular weight is 337 g/mol. The van der Waals surface area contributed by atoms with Gasteiger partial charge in [0.15, 0.2) is 0 Å². The van der Waals surface area contributed by atoms with Crippen LogP contribution < -0.4 is 10.1 Å². The summed E-state index contributed by atoms with van der Waals surface area (Å²) in [6.45, 7) is -1.24. The smallest absolute Gasteiger partial charge is 0.387 e. The maximum absolute atomic E-state index is 12.2. The summed E-state index contributed by atoms with van der Waals surface area (Å²) in [5, 5.41) is 2.81. The van der Waals surface area contributed by atoms with Crippen LogP contribution in [0.4, 0.5) is 8.78 Å². The van der Waals surface area contributed by atoms with Crippen molar-refractivity contribution in [3.63, 3.8) is 0 Å². The Balaban J connectivity index is 0.00000242. The van der Waals surface area contributed by atoms with E-state index in [1.165, 1.54) is 12.1 Å². The van der Waals surface area contributed by atoms with E-state index in [2.05, 4.69) is 10.1 Å². The minimum Gasteiger partial charge on any atom is -0.435 e. The molecule has 0 aliphatic carbocycles. The monoisotopic (exact) mass is 336 g/mol. The predicted octanol–water partition coefficient (Wildman–Crippen LogP) is 1.83. The molecule has 0 saturated carbocycles. The quantitative estimate of drug-likeness (QED) is 0.891. The van der Waals surface area contributed by atoms with Crippen molar-refractivity contribution < 1.29 is 23.0 Å². The van der Waals surface area contributed by atoms with Crippen LogP contribution >= 0.6 is 12.4 Å². The largest absolute Gasteiger partial charge is 0.435 e. The minimum absolute atomic E-state index is 0. The lowest BCUT2D eigenvalue weighted by Crippen LogP contribution is -2.45. The fourth-order valence-electron chi connectivity index (χ4n) is 2.23. The van der Waals surface area contributed by atoms with Gasteiger partial charge in [0.25, 0.3) is 0 Å². The van der Waals surface area contributed by atoms with Crippen LogP contribution in [0.25, 0.3) is 0 Å². The van der Waals surface area contributed by atoms with E-state index in [-0.39, 0.29) is 36.7 Å². The Morgan fingerprint density at radius 3 is 3.00 bits per heavy atom. The van der Waals surface area contributed by atoms with Gasteiger partial charge in [-0.05, 0) is 24.7 Å². The molecule has 1 aromatic carbocycles. The van der Waals surface area contributed by atoms with Crippen molar-refractivity contribution in [1.82, 2.24) is 10.2 Å². The van der Waals surface area contributed by atoms with Crippen molar-refractivity contribution in [3.05, 3.63) is 29.8 Å². The molecule has 1 aromatic rings. The molecule has 1 heterocycles. The Kier molecular flexibility index (Phi) is 7.50. The van der Waals surface area contributed by atoms with Gasteiger partial charge >= 0.3 is 6.61 Å². The zero-order chi connectivity index (χ0) is 15.2. The number of amides is 1. The molecule has 1 aliphatic rings. The van der Waals surface area contributed by atoms with E-state index in [9.17, 15) is 13.6 Å². The second-order valence-corrected chi connectivity index (χ2v) is 4.68. The second-order valence-electron chi connectivity index (χ2n) is 4.68. The fourth-order valence-corrected chi connectivity index (χ4v) is 2.23. The summed E-state index contributed by atoms with van der Waals surface area (Å²) in [4.78, 5) is 13.6. The molecule has 1 unspecified atom stereocenters. The molecule has 1 atom stereocenters. The molecule has 1 aliphatic heterocycles. The maximum atomic E-state index is 12.2. The Morgan fingerprint density at radius 1 is 1.55 bits per heavy atom. The molecule has 1 N–H and O–H groups in total. The first kappa shape index (κ1) is 18.6. The maximum Gasteiger partial charge on any atom is 0.387 e. The van der Waals surface area contributed by atoms with Gasteiger partial charge in [0.1, 0.15) is 11.9 Å². The molecule has 0 aromatic heterocycles. The van der Waals surface area contributed by atoms with E-state index in [1.54, 1.807) is 24.1 Å². The number of hydrogen-bond donors (Lipinski definition) is 1. The van der Waals surface area contributed by atoms with Gasteiger partial charge < -0.3 is 19.7 Å². The van der Waals surface area contributed by atoms with Crippen molar-refractivity contribution in [2.45, 2.75) is 12.7 Å². The number of halogens is 3. The first-order chi connectivity index (χ1) is 10.1. The van der Waals surface area contributed by atoms with Gasteiger partial charge in [-0.15, -0.1) is 12.4 Å². The highest BCUT2D eigenvalue weighted by molar-refractivity contribution is 5.85. The van der Waals surface area contributed by atoms with Crippen molar-refractivity contribution >= 4 is 18.3 Å².